The van der Waals surface area contributed by atoms with E-state index in [0.29, 0.717) is 22.6 Å². The van der Waals surface area contributed by atoms with E-state index in [9.17, 15) is 8.42 Å². The second kappa shape index (κ2) is 7.58. The molecule has 0 spiro atoms. The molecule has 0 saturated carbocycles. The summed E-state index contributed by atoms with van der Waals surface area (Å²) in [5.74, 6) is 0.692. The number of aryl methyl sites for hydroxylation is 4. The molecule has 0 aliphatic heterocycles. The molecule has 0 aliphatic rings. The molecule has 0 fully saturated rings. The van der Waals surface area contributed by atoms with Gasteiger partial charge in [-0.05, 0) is 74.1 Å². The Bertz CT molecular complexity index is 873. The Kier molecular flexibility index (Phi) is 5.91. The van der Waals surface area contributed by atoms with Crippen molar-refractivity contribution in [3.8, 4) is 5.75 Å². The number of benzene rings is 2. The fraction of sp³-hybridized carbons (Fsp3) is 0.400. The van der Waals surface area contributed by atoms with Gasteiger partial charge in [-0.25, -0.2) is 13.1 Å². The number of hydrogen-bond acceptors (Lipinski definition) is 3. The molecule has 0 amide bonds. The number of methoxy groups -OCH3 is 1. The van der Waals surface area contributed by atoms with E-state index in [0.717, 1.165) is 16.7 Å². The molecule has 2 aromatic rings. The molecule has 4 nitrogen and oxygen atoms in total. The summed E-state index contributed by atoms with van der Waals surface area (Å²) in [5, 5.41) is 0. The Labute approximate surface area is 151 Å². The molecule has 2 rings (SSSR count). The first-order valence-corrected chi connectivity index (χ1v) is 9.92. The van der Waals surface area contributed by atoms with Crippen LogP contribution in [0.3, 0.4) is 0 Å². The Balaban J connectivity index is 2.39. The van der Waals surface area contributed by atoms with Crippen LogP contribution in [0, 0.1) is 27.7 Å². The number of hydrogen-bond donors (Lipinski definition) is 1. The molecule has 0 heterocycles. The summed E-state index contributed by atoms with van der Waals surface area (Å²) in [6, 6.07) is 9.25. The first kappa shape index (κ1) is 19.5. The van der Waals surface area contributed by atoms with Crippen molar-refractivity contribution >= 4 is 10.0 Å². The van der Waals surface area contributed by atoms with Gasteiger partial charge in [0.05, 0.1) is 12.0 Å². The van der Waals surface area contributed by atoms with Crippen molar-refractivity contribution in [2.75, 3.05) is 7.11 Å². The lowest BCUT2D eigenvalue weighted by Gasteiger charge is -2.20. The maximum absolute atomic E-state index is 12.9. The lowest BCUT2D eigenvalue weighted by atomic mass is 10.0. The van der Waals surface area contributed by atoms with E-state index in [4.69, 9.17) is 4.74 Å². The van der Waals surface area contributed by atoms with Gasteiger partial charge in [-0.3, -0.25) is 0 Å². The molecule has 0 radical (unpaired) electrons. The molecule has 136 valence electrons. The third-order valence-corrected chi connectivity index (χ3v) is 6.23. The Hall–Kier alpha value is -1.85. The summed E-state index contributed by atoms with van der Waals surface area (Å²) >= 11 is 0. The highest BCUT2D eigenvalue weighted by Gasteiger charge is 2.23. The van der Waals surface area contributed by atoms with Crippen LogP contribution in [-0.2, 0) is 10.0 Å². The Morgan fingerprint density at radius 1 is 0.960 bits per heavy atom. The van der Waals surface area contributed by atoms with Crippen molar-refractivity contribution in [3.05, 3.63) is 58.1 Å². The number of nitrogens with one attached hydrogen (secondary N) is 1. The van der Waals surface area contributed by atoms with Crippen molar-refractivity contribution in [2.24, 2.45) is 0 Å². The minimum atomic E-state index is -3.63. The topological polar surface area (TPSA) is 55.4 Å². The van der Waals surface area contributed by atoms with Crippen molar-refractivity contribution < 1.29 is 13.2 Å². The summed E-state index contributed by atoms with van der Waals surface area (Å²) in [6.45, 7) is 9.70. The predicted octanol–water partition coefficient (Wildman–Crippen LogP) is 4.36. The number of ether oxygens (including phenoxy) is 1. The molecular formula is C20H27NO3S. The molecule has 1 atom stereocenters. The van der Waals surface area contributed by atoms with Crippen molar-refractivity contribution in [1.82, 2.24) is 4.72 Å². The normalized spacial score (nSPS) is 12.9. The van der Waals surface area contributed by atoms with Crippen molar-refractivity contribution in [3.63, 3.8) is 0 Å². The second-order valence-electron chi connectivity index (χ2n) is 6.51. The third kappa shape index (κ3) is 4.22. The summed E-state index contributed by atoms with van der Waals surface area (Å²) in [5.41, 5.74) is 4.81. The van der Waals surface area contributed by atoms with Crippen LogP contribution in [0.2, 0.25) is 0 Å². The smallest absolute Gasteiger partial charge is 0.241 e. The summed E-state index contributed by atoms with van der Waals surface area (Å²) in [7, 11) is -2.04. The van der Waals surface area contributed by atoms with E-state index in [1.807, 2.05) is 39.8 Å². The first-order chi connectivity index (χ1) is 11.7. The minimum absolute atomic E-state index is 0.258. The summed E-state index contributed by atoms with van der Waals surface area (Å²) in [4.78, 5) is 0.299. The zero-order chi connectivity index (χ0) is 18.8. The molecular weight excluding hydrogens is 334 g/mol. The van der Waals surface area contributed by atoms with Crippen molar-refractivity contribution in [1.29, 1.82) is 0 Å². The van der Waals surface area contributed by atoms with Crippen LogP contribution in [0.15, 0.2) is 35.2 Å². The summed E-state index contributed by atoms with van der Waals surface area (Å²) in [6.07, 6.45) is 0.677. The number of sulfonamides is 1. The molecule has 5 heteroatoms. The fourth-order valence-electron chi connectivity index (χ4n) is 2.89. The Morgan fingerprint density at radius 2 is 1.64 bits per heavy atom. The second-order valence-corrected chi connectivity index (χ2v) is 8.20. The van der Waals surface area contributed by atoms with E-state index < -0.39 is 10.0 Å². The van der Waals surface area contributed by atoms with E-state index in [2.05, 4.69) is 10.8 Å². The molecule has 1 N–H and O–H groups in total. The van der Waals surface area contributed by atoms with E-state index in [-0.39, 0.29) is 6.04 Å². The predicted molar refractivity (Wildman–Crippen MR) is 102 cm³/mol. The van der Waals surface area contributed by atoms with Crippen LogP contribution >= 0.6 is 0 Å². The van der Waals surface area contributed by atoms with E-state index in [1.165, 1.54) is 5.56 Å². The van der Waals surface area contributed by atoms with Gasteiger partial charge in [-0.15, -0.1) is 0 Å². The zero-order valence-electron chi connectivity index (χ0n) is 15.8. The molecule has 0 unspecified atom stereocenters. The van der Waals surface area contributed by atoms with Gasteiger partial charge in [-0.1, -0.05) is 25.1 Å². The van der Waals surface area contributed by atoms with Crippen LogP contribution in [-0.4, -0.2) is 15.5 Å². The van der Waals surface area contributed by atoms with E-state index >= 15 is 0 Å². The molecule has 0 bridgehead atoms. The maximum atomic E-state index is 12.9. The maximum Gasteiger partial charge on any atom is 0.241 e. The average molecular weight is 362 g/mol. The monoisotopic (exact) mass is 361 g/mol. The van der Waals surface area contributed by atoms with Gasteiger partial charge in [0.2, 0.25) is 10.0 Å². The lowest BCUT2D eigenvalue weighted by molar-refractivity contribution is 0.411. The first-order valence-electron chi connectivity index (χ1n) is 8.44. The van der Waals surface area contributed by atoms with E-state index in [1.54, 1.807) is 26.2 Å². The minimum Gasteiger partial charge on any atom is -0.496 e. The lowest BCUT2D eigenvalue weighted by Crippen LogP contribution is -2.29. The fourth-order valence-corrected chi connectivity index (χ4v) is 4.51. The van der Waals surface area contributed by atoms with Crippen LogP contribution in [0.1, 0.15) is 47.2 Å². The third-order valence-electron chi connectivity index (χ3n) is 4.62. The molecule has 25 heavy (non-hydrogen) atoms. The highest BCUT2D eigenvalue weighted by molar-refractivity contribution is 7.89. The molecule has 0 saturated heterocycles. The largest absolute Gasteiger partial charge is 0.496 e. The average Bonchev–Trinajstić information content (AvgIpc) is 2.56. The quantitative estimate of drug-likeness (QED) is 0.832. The Morgan fingerprint density at radius 3 is 2.20 bits per heavy atom. The number of rotatable bonds is 6. The van der Waals surface area contributed by atoms with Gasteiger partial charge in [0.1, 0.15) is 5.75 Å². The highest BCUT2D eigenvalue weighted by atomic mass is 32.2. The highest BCUT2D eigenvalue weighted by Crippen LogP contribution is 2.28. The molecule has 2 aromatic carbocycles. The molecule has 0 aromatic heterocycles. The van der Waals surface area contributed by atoms with Gasteiger partial charge in [0.25, 0.3) is 0 Å². The SMILES string of the molecule is CC[C@@H](NS(=O)(=O)c1cc(C)c(OC)cc1C)c1ccc(C)c(C)c1. The van der Waals surface area contributed by atoms with Gasteiger partial charge < -0.3 is 4.74 Å². The zero-order valence-corrected chi connectivity index (χ0v) is 16.6. The molecule has 0 aliphatic carbocycles. The summed E-state index contributed by atoms with van der Waals surface area (Å²) < 4.78 is 34.0. The van der Waals surface area contributed by atoms with Crippen LogP contribution in [0.25, 0.3) is 0 Å². The standard InChI is InChI=1S/C20H27NO3S/c1-7-18(17-9-8-13(2)14(3)10-17)21-25(22,23)20-12-15(4)19(24-6)11-16(20)5/h8-12,18,21H,7H2,1-6H3/t18-/m1/s1. The van der Waals surface area contributed by atoms with Crippen LogP contribution in [0.5, 0.6) is 5.75 Å². The van der Waals surface area contributed by atoms with Gasteiger partial charge in [-0.2, -0.15) is 0 Å². The van der Waals surface area contributed by atoms with Gasteiger partial charge >= 0.3 is 0 Å². The van der Waals surface area contributed by atoms with Gasteiger partial charge in [0, 0.05) is 6.04 Å². The van der Waals surface area contributed by atoms with Crippen molar-refractivity contribution in [2.45, 2.75) is 52.0 Å². The van der Waals surface area contributed by atoms with Gasteiger partial charge in [0.15, 0.2) is 0 Å². The van der Waals surface area contributed by atoms with Crippen LogP contribution in [0.4, 0.5) is 0 Å². The van der Waals surface area contributed by atoms with Crippen LogP contribution < -0.4 is 9.46 Å².